The number of hydrogen-bond acceptors (Lipinski definition) is 3. The van der Waals surface area contributed by atoms with Crippen LogP contribution in [-0.2, 0) is 6.42 Å². The quantitative estimate of drug-likeness (QED) is 0.731. The fraction of sp³-hybridized carbons (Fsp3) is 0.150. The molecule has 1 aromatic carbocycles. The minimum atomic E-state index is -0.529. The van der Waals surface area contributed by atoms with E-state index in [0.29, 0.717) is 23.6 Å². The highest BCUT2D eigenvalue weighted by Crippen LogP contribution is 2.29. The number of nitrogens with zero attached hydrogens (tertiary/aromatic N) is 3. The maximum absolute atomic E-state index is 13.5. The Kier molecular flexibility index (Phi) is 4.50. The molecule has 1 N–H and O–H groups in total. The first kappa shape index (κ1) is 17.1. The molecule has 0 fully saturated rings. The number of fused-ring (bicyclic) bond motifs is 1. The zero-order chi connectivity index (χ0) is 18.8. The van der Waals surface area contributed by atoms with Crippen molar-refractivity contribution < 1.29 is 13.6 Å². The number of urea groups is 1. The number of aromatic nitrogens is 2. The molecule has 0 atom stereocenters. The molecule has 2 aromatic heterocycles. The number of benzene rings is 1. The predicted molar refractivity (Wildman–Crippen MR) is 98.5 cm³/mol. The van der Waals surface area contributed by atoms with Crippen molar-refractivity contribution in [2.45, 2.75) is 12.8 Å². The Morgan fingerprint density at radius 2 is 1.96 bits per heavy atom. The summed E-state index contributed by atoms with van der Waals surface area (Å²) < 4.78 is 26.8. The van der Waals surface area contributed by atoms with Gasteiger partial charge in [0, 0.05) is 18.2 Å². The van der Waals surface area contributed by atoms with Gasteiger partial charge >= 0.3 is 6.03 Å². The lowest BCUT2D eigenvalue weighted by Crippen LogP contribution is -2.39. The van der Waals surface area contributed by atoms with Crippen molar-refractivity contribution in [3.63, 3.8) is 0 Å². The summed E-state index contributed by atoms with van der Waals surface area (Å²) in [4.78, 5) is 22.6. The molecule has 3 heterocycles. The molecular weight excluding hydrogens is 350 g/mol. The molecule has 0 spiro atoms. The van der Waals surface area contributed by atoms with Crippen molar-refractivity contribution in [2.24, 2.45) is 0 Å². The number of carbonyl (C=O) groups is 1. The number of anilines is 2. The van der Waals surface area contributed by atoms with Gasteiger partial charge in [0.05, 0.1) is 23.8 Å². The van der Waals surface area contributed by atoms with Crippen LogP contribution in [0.1, 0.15) is 12.0 Å². The normalized spacial score (nSPS) is 13.2. The van der Waals surface area contributed by atoms with Crippen LogP contribution in [0, 0.1) is 11.6 Å². The largest absolute Gasteiger partial charge is 0.327 e. The molecule has 0 radical (unpaired) electrons. The number of halogens is 2. The van der Waals surface area contributed by atoms with E-state index in [0.717, 1.165) is 24.6 Å². The van der Waals surface area contributed by atoms with Crippen molar-refractivity contribution in [1.82, 2.24) is 9.97 Å². The van der Waals surface area contributed by atoms with Gasteiger partial charge in [-0.3, -0.25) is 9.88 Å². The third-order valence-electron chi connectivity index (χ3n) is 4.36. The van der Waals surface area contributed by atoms with Gasteiger partial charge in [0.1, 0.15) is 17.5 Å². The fourth-order valence-electron chi connectivity index (χ4n) is 3.12. The van der Waals surface area contributed by atoms with E-state index < -0.39 is 11.8 Å². The third kappa shape index (κ3) is 3.62. The second-order valence-corrected chi connectivity index (χ2v) is 6.27. The van der Waals surface area contributed by atoms with Crippen molar-refractivity contribution in [2.75, 3.05) is 16.8 Å². The smallest absolute Gasteiger partial charge is 0.306 e. The Labute approximate surface area is 154 Å². The van der Waals surface area contributed by atoms with Crippen molar-refractivity contribution >= 4 is 17.5 Å². The van der Waals surface area contributed by atoms with Gasteiger partial charge in [-0.05, 0) is 36.6 Å². The molecule has 0 bridgehead atoms. The van der Waals surface area contributed by atoms with E-state index >= 15 is 0 Å². The molecule has 4 rings (SSSR count). The van der Waals surface area contributed by atoms with Crippen LogP contribution in [0.15, 0.2) is 54.9 Å². The van der Waals surface area contributed by atoms with E-state index in [-0.39, 0.29) is 11.5 Å². The number of nitrogens with one attached hydrogen (secondary N) is 1. The van der Waals surface area contributed by atoms with Crippen LogP contribution < -0.4 is 10.2 Å². The van der Waals surface area contributed by atoms with Gasteiger partial charge in [0.2, 0.25) is 0 Å². The van der Waals surface area contributed by atoms with Crippen LogP contribution >= 0.6 is 0 Å². The van der Waals surface area contributed by atoms with Crippen LogP contribution in [0.4, 0.5) is 25.1 Å². The summed E-state index contributed by atoms with van der Waals surface area (Å²) in [7, 11) is 0. The summed E-state index contributed by atoms with van der Waals surface area (Å²) in [5.74, 6) is -0.344. The molecule has 5 nitrogen and oxygen atoms in total. The van der Waals surface area contributed by atoms with Crippen LogP contribution in [0.25, 0.3) is 11.3 Å². The highest BCUT2D eigenvalue weighted by Gasteiger charge is 2.25. The zero-order valence-electron chi connectivity index (χ0n) is 14.3. The molecule has 27 heavy (non-hydrogen) atoms. The number of pyridine rings is 2. The number of rotatable bonds is 2. The lowest BCUT2D eigenvalue weighted by Gasteiger charge is -2.28. The van der Waals surface area contributed by atoms with Gasteiger partial charge in [0.15, 0.2) is 0 Å². The molecule has 1 aliphatic rings. The molecular formula is C20H16F2N4O. The Hall–Kier alpha value is -3.35. The molecule has 0 aliphatic carbocycles. The van der Waals surface area contributed by atoms with Crippen molar-refractivity contribution in [1.29, 1.82) is 0 Å². The zero-order valence-corrected chi connectivity index (χ0v) is 14.3. The maximum Gasteiger partial charge on any atom is 0.327 e. The lowest BCUT2D eigenvalue weighted by molar-refractivity contribution is 0.256. The highest BCUT2D eigenvalue weighted by atomic mass is 19.1. The second kappa shape index (κ2) is 7.11. The van der Waals surface area contributed by atoms with Crippen LogP contribution in [0.2, 0.25) is 0 Å². The van der Waals surface area contributed by atoms with E-state index in [9.17, 15) is 13.6 Å². The average molecular weight is 366 g/mol. The summed E-state index contributed by atoms with van der Waals surface area (Å²) in [5.41, 5.74) is 2.43. The monoisotopic (exact) mass is 366 g/mol. The number of carbonyl (C=O) groups excluding carboxylic acids is 1. The molecule has 1 aliphatic heterocycles. The molecule has 0 saturated carbocycles. The Morgan fingerprint density at radius 3 is 2.78 bits per heavy atom. The van der Waals surface area contributed by atoms with Gasteiger partial charge < -0.3 is 5.32 Å². The van der Waals surface area contributed by atoms with E-state index in [4.69, 9.17) is 0 Å². The van der Waals surface area contributed by atoms with E-state index in [1.54, 1.807) is 12.1 Å². The number of amides is 2. The second-order valence-electron chi connectivity index (χ2n) is 6.27. The van der Waals surface area contributed by atoms with Gasteiger partial charge in [-0.2, -0.15) is 0 Å². The summed E-state index contributed by atoms with van der Waals surface area (Å²) in [6, 6.07) is 10.7. The third-order valence-corrected chi connectivity index (χ3v) is 4.36. The Morgan fingerprint density at radius 1 is 1.07 bits per heavy atom. The predicted octanol–water partition coefficient (Wildman–Crippen LogP) is 4.41. The van der Waals surface area contributed by atoms with Crippen molar-refractivity contribution in [3.8, 4) is 11.3 Å². The van der Waals surface area contributed by atoms with E-state index in [1.165, 1.54) is 29.3 Å². The molecule has 7 heteroatoms. The van der Waals surface area contributed by atoms with Crippen LogP contribution in [0.5, 0.6) is 0 Å². The molecule has 3 aromatic rings. The standard InChI is InChI=1S/C20H16F2N4O/c21-15-5-1-3-14(9-15)18-7-6-13-4-2-8-26(19(13)25-18)20(27)24-17-10-16(22)11-23-12-17/h1,3,5-7,9-12H,2,4,8H2,(H,24,27). The summed E-state index contributed by atoms with van der Waals surface area (Å²) in [6.07, 6.45) is 4.04. The van der Waals surface area contributed by atoms with E-state index in [1.807, 2.05) is 12.1 Å². The summed E-state index contributed by atoms with van der Waals surface area (Å²) in [6.45, 7) is 0.487. The highest BCUT2D eigenvalue weighted by molar-refractivity contribution is 6.01. The maximum atomic E-state index is 13.5. The van der Waals surface area contributed by atoms with E-state index in [2.05, 4.69) is 15.3 Å². The minimum Gasteiger partial charge on any atom is -0.306 e. The summed E-state index contributed by atoms with van der Waals surface area (Å²) >= 11 is 0. The molecule has 2 amide bonds. The first-order valence-electron chi connectivity index (χ1n) is 8.55. The van der Waals surface area contributed by atoms with Crippen molar-refractivity contribution in [3.05, 3.63) is 72.1 Å². The first-order valence-corrected chi connectivity index (χ1v) is 8.55. The van der Waals surface area contributed by atoms with Gasteiger partial charge in [0.25, 0.3) is 0 Å². The van der Waals surface area contributed by atoms with Gasteiger partial charge in [-0.15, -0.1) is 0 Å². The molecule has 0 saturated heterocycles. The van der Waals surface area contributed by atoms with Crippen LogP contribution in [0.3, 0.4) is 0 Å². The molecule has 136 valence electrons. The SMILES string of the molecule is O=C(Nc1cncc(F)c1)N1CCCc2ccc(-c3cccc(F)c3)nc21. The fourth-order valence-corrected chi connectivity index (χ4v) is 3.12. The van der Waals surface area contributed by atoms with Crippen LogP contribution in [-0.4, -0.2) is 22.5 Å². The number of hydrogen-bond donors (Lipinski definition) is 1. The summed E-state index contributed by atoms with van der Waals surface area (Å²) in [5, 5.41) is 2.65. The average Bonchev–Trinajstić information content (AvgIpc) is 2.67. The lowest BCUT2D eigenvalue weighted by atomic mass is 10.0. The van der Waals surface area contributed by atoms with Gasteiger partial charge in [-0.25, -0.2) is 18.6 Å². The molecule has 0 unspecified atom stereocenters. The minimum absolute atomic E-state index is 0.272. The first-order chi connectivity index (χ1) is 13.1. The Balaban J connectivity index is 1.65. The Bertz CT molecular complexity index is 1010. The van der Waals surface area contributed by atoms with Gasteiger partial charge in [-0.1, -0.05) is 18.2 Å². The topological polar surface area (TPSA) is 58.1 Å². The number of aryl methyl sites for hydroxylation is 1.